The first-order chi connectivity index (χ1) is 8.59. The molecule has 0 N–H and O–H groups in total. The molecule has 0 saturated carbocycles. The van der Waals surface area contributed by atoms with Crippen molar-refractivity contribution in [1.82, 2.24) is 0 Å². The molecule has 0 aliphatic carbocycles. The summed E-state index contributed by atoms with van der Waals surface area (Å²) >= 11 is 0. The topological polar surface area (TPSA) is 35.5 Å². The van der Waals surface area contributed by atoms with Crippen LogP contribution in [0.25, 0.3) is 0 Å². The molecule has 0 aliphatic heterocycles. The van der Waals surface area contributed by atoms with Gasteiger partial charge < -0.3 is 9.47 Å². The Morgan fingerprint density at radius 1 is 1.33 bits per heavy atom. The van der Waals surface area contributed by atoms with E-state index in [1.165, 1.54) is 0 Å². The second-order valence-electron chi connectivity index (χ2n) is 4.30. The van der Waals surface area contributed by atoms with Crippen LogP contribution in [0.15, 0.2) is 42.5 Å². The Hall–Kier alpha value is -1.77. The molecule has 18 heavy (non-hydrogen) atoms. The van der Waals surface area contributed by atoms with Gasteiger partial charge in [0.1, 0.15) is 5.75 Å². The fourth-order valence-corrected chi connectivity index (χ4v) is 1.45. The van der Waals surface area contributed by atoms with Crippen LogP contribution < -0.4 is 4.74 Å². The van der Waals surface area contributed by atoms with Crippen LogP contribution in [0.1, 0.15) is 26.7 Å². The number of ether oxygens (including phenoxy) is 2. The number of para-hydroxylation sites is 1. The predicted molar refractivity (Wildman–Crippen MR) is 71.5 cm³/mol. The van der Waals surface area contributed by atoms with Crippen molar-refractivity contribution < 1.29 is 14.3 Å². The van der Waals surface area contributed by atoms with Crippen LogP contribution >= 0.6 is 0 Å². The van der Waals surface area contributed by atoms with Crippen molar-refractivity contribution in [2.75, 3.05) is 6.61 Å². The quantitative estimate of drug-likeness (QED) is 0.421. The van der Waals surface area contributed by atoms with E-state index in [1.807, 2.05) is 37.3 Å². The zero-order valence-corrected chi connectivity index (χ0v) is 11.0. The van der Waals surface area contributed by atoms with Crippen molar-refractivity contribution in [3.63, 3.8) is 0 Å². The Balaban J connectivity index is 2.16. The molecule has 0 radical (unpaired) electrons. The van der Waals surface area contributed by atoms with E-state index in [4.69, 9.17) is 9.47 Å². The van der Waals surface area contributed by atoms with Crippen LogP contribution in [0.2, 0.25) is 0 Å². The van der Waals surface area contributed by atoms with E-state index in [0.717, 1.165) is 18.6 Å². The molecule has 1 rings (SSSR count). The Bertz CT molecular complexity index is 384. The average Bonchev–Trinajstić information content (AvgIpc) is 2.35. The van der Waals surface area contributed by atoms with Crippen molar-refractivity contribution in [2.45, 2.75) is 32.8 Å². The molecule has 1 aromatic carbocycles. The lowest BCUT2D eigenvalue weighted by molar-refractivity contribution is -0.139. The third kappa shape index (κ3) is 5.53. The maximum atomic E-state index is 11.1. The van der Waals surface area contributed by atoms with Crippen LogP contribution in [0.4, 0.5) is 0 Å². The van der Waals surface area contributed by atoms with Gasteiger partial charge in [0.25, 0.3) is 0 Å². The first kappa shape index (κ1) is 14.3. The van der Waals surface area contributed by atoms with Crippen molar-refractivity contribution in [3.8, 4) is 5.75 Å². The van der Waals surface area contributed by atoms with E-state index < -0.39 is 0 Å². The lowest BCUT2D eigenvalue weighted by Gasteiger charge is -2.14. The molecular weight excluding hydrogens is 228 g/mol. The number of rotatable bonds is 7. The lowest BCUT2D eigenvalue weighted by atomic mass is 10.2. The first-order valence-corrected chi connectivity index (χ1v) is 6.14. The Labute approximate surface area is 108 Å². The predicted octanol–water partition coefficient (Wildman–Crippen LogP) is 3.35. The number of carbonyl (C=O) groups excluding carboxylic acids is 1. The second-order valence-corrected chi connectivity index (χ2v) is 4.30. The summed E-state index contributed by atoms with van der Waals surface area (Å²) in [6.45, 7) is 7.59. The highest BCUT2D eigenvalue weighted by Crippen LogP contribution is 2.13. The van der Waals surface area contributed by atoms with Crippen LogP contribution in [0, 0.1) is 0 Å². The maximum absolute atomic E-state index is 11.1. The molecule has 1 aromatic rings. The number of esters is 1. The van der Waals surface area contributed by atoms with E-state index in [0.29, 0.717) is 12.2 Å². The second kappa shape index (κ2) is 7.54. The monoisotopic (exact) mass is 248 g/mol. The first-order valence-electron chi connectivity index (χ1n) is 6.14. The van der Waals surface area contributed by atoms with Gasteiger partial charge >= 0.3 is 5.97 Å². The summed E-state index contributed by atoms with van der Waals surface area (Å²) in [4.78, 5) is 11.1. The highest BCUT2D eigenvalue weighted by Gasteiger charge is 2.06. The van der Waals surface area contributed by atoms with Crippen molar-refractivity contribution in [2.24, 2.45) is 0 Å². The molecule has 0 heterocycles. The lowest BCUT2D eigenvalue weighted by Crippen LogP contribution is -2.14. The van der Waals surface area contributed by atoms with E-state index in [2.05, 4.69) is 6.58 Å². The van der Waals surface area contributed by atoms with Gasteiger partial charge in [0.2, 0.25) is 0 Å². The van der Waals surface area contributed by atoms with Gasteiger partial charge in [0.15, 0.2) is 0 Å². The largest absolute Gasteiger partial charge is 0.491 e. The van der Waals surface area contributed by atoms with Crippen molar-refractivity contribution >= 4 is 5.97 Å². The molecule has 1 unspecified atom stereocenters. The van der Waals surface area contributed by atoms with Gasteiger partial charge in [-0.1, -0.05) is 24.8 Å². The Kier molecular flexibility index (Phi) is 5.98. The van der Waals surface area contributed by atoms with Gasteiger partial charge in [-0.3, -0.25) is 0 Å². The van der Waals surface area contributed by atoms with Gasteiger partial charge in [-0.25, -0.2) is 4.79 Å². The zero-order chi connectivity index (χ0) is 13.4. The number of carbonyl (C=O) groups is 1. The average molecular weight is 248 g/mol. The minimum Gasteiger partial charge on any atom is -0.491 e. The number of hydrogen-bond donors (Lipinski definition) is 0. The van der Waals surface area contributed by atoms with Crippen LogP contribution in [0.5, 0.6) is 5.75 Å². The summed E-state index contributed by atoms with van der Waals surface area (Å²) in [5, 5.41) is 0. The van der Waals surface area contributed by atoms with E-state index in [-0.39, 0.29) is 12.1 Å². The summed E-state index contributed by atoms with van der Waals surface area (Å²) in [6, 6.07) is 9.69. The van der Waals surface area contributed by atoms with Gasteiger partial charge in [-0.15, -0.1) is 0 Å². The van der Waals surface area contributed by atoms with Gasteiger partial charge in [-0.05, 0) is 38.8 Å². The van der Waals surface area contributed by atoms with Gasteiger partial charge in [0, 0.05) is 5.57 Å². The normalized spacial score (nSPS) is 11.7. The van der Waals surface area contributed by atoms with Crippen LogP contribution in [-0.2, 0) is 9.53 Å². The third-order valence-corrected chi connectivity index (χ3v) is 2.42. The molecule has 0 fully saturated rings. The fourth-order valence-electron chi connectivity index (χ4n) is 1.45. The highest BCUT2D eigenvalue weighted by molar-refractivity contribution is 5.86. The molecule has 0 saturated heterocycles. The fraction of sp³-hybridized carbons (Fsp3) is 0.400. The molecule has 0 amide bonds. The maximum Gasteiger partial charge on any atom is 0.333 e. The molecular formula is C15H20O3. The minimum atomic E-state index is -0.327. The van der Waals surface area contributed by atoms with Gasteiger partial charge in [-0.2, -0.15) is 0 Å². The molecule has 0 aromatic heterocycles. The zero-order valence-electron chi connectivity index (χ0n) is 11.0. The SMILES string of the molecule is C=C(C)C(=O)OCCCC(C)Oc1ccccc1. The molecule has 98 valence electrons. The summed E-state index contributed by atoms with van der Waals surface area (Å²) in [5.74, 6) is 0.538. The number of benzene rings is 1. The summed E-state index contributed by atoms with van der Waals surface area (Å²) in [7, 11) is 0. The standard InChI is InChI=1S/C15H20O3/c1-12(2)15(16)17-11-7-8-13(3)18-14-9-5-4-6-10-14/h4-6,9-10,13H,1,7-8,11H2,2-3H3. The Morgan fingerprint density at radius 2 is 2.00 bits per heavy atom. The molecule has 0 aliphatic rings. The minimum absolute atomic E-state index is 0.107. The van der Waals surface area contributed by atoms with Crippen LogP contribution in [0.3, 0.4) is 0 Å². The third-order valence-electron chi connectivity index (χ3n) is 2.42. The van der Waals surface area contributed by atoms with E-state index in [9.17, 15) is 4.79 Å². The number of hydrogen-bond acceptors (Lipinski definition) is 3. The van der Waals surface area contributed by atoms with Crippen LogP contribution in [-0.4, -0.2) is 18.7 Å². The highest BCUT2D eigenvalue weighted by atomic mass is 16.5. The summed E-state index contributed by atoms with van der Waals surface area (Å²) in [6.07, 6.45) is 1.74. The summed E-state index contributed by atoms with van der Waals surface area (Å²) in [5.41, 5.74) is 0.434. The van der Waals surface area contributed by atoms with Crippen molar-refractivity contribution in [3.05, 3.63) is 42.5 Å². The Morgan fingerprint density at radius 3 is 2.61 bits per heavy atom. The molecule has 0 bridgehead atoms. The van der Waals surface area contributed by atoms with E-state index >= 15 is 0 Å². The molecule has 3 nitrogen and oxygen atoms in total. The van der Waals surface area contributed by atoms with Crippen molar-refractivity contribution in [1.29, 1.82) is 0 Å². The molecule has 3 heteroatoms. The van der Waals surface area contributed by atoms with Gasteiger partial charge in [0.05, 0.1) is 12.7 Å². The molecule has 1 atom stereocenters. The smallest absolute Gasteiger partial charge is 0.333 e. The summed E-state index contributed by atoms with van der Waals surface area (Å²) < 4.78 is 10.7. The molecule has 0 spiro atoms. The van der Waals surface area contributed by atoms with E-state index in [1.54, 1.807) is 6.92 Å².